The summed E-state index contributed by atoms with van der Waals surface area (Å²) in [5.41, 5.74) is 0.372. The number of fused-ring (bicyclic) bond motifs is 1. The summed E-state index contributed by atoms with van der Waals surface area (Å²) in [6.45, 7) is 11.5. The van der Waals surface area contributed by atoms with Crippen LogP contribution in [-0.2, 0) is 39.0 Å². The van der Waals surface area contributed by atoms with Gasteiger partial charge in [-0.1, -0.05) is 20.8 Å². The fourth-order valence-electron chi connectivity index (χ4n) is 2.61. The Morgan fingerprint density at radius 1 is 1.00 bits per heavy atom. The zero-order valence-electron chi connectivity index (χ0n) is 17.2. The molecule has 1 atom stereocenters. The van der Waals surface area contributed by atoms with Crippen LogP contribution in [0.25, 0.3) is 0 Å². The molecule has 0 N–H and O–H groups in total. The summed E-state index contributed by atoms with van der Waals surface area (Å²) in [6.07, 6.45) is 0. The van der Waals surface area contributed by atoms with E-state index >= 15 is 0 Å². The predicted molar refractivity (Wildman–Crippen MR) is 100 cm³/mol. The summed E-state index contributed by atoms with van der Waals surface area (Å²) in [7, 11) is -4.15. The first-order valence-corrected chi connectivity index (χ1v) is 10.6. The van der Waals surface area contributed by atoms with E-state index in [9.17, 15) is 14.4 Å². The number of hydrogen-bond donors (Lipinski definition) is 0. The highest BCUT2D eigenvalue weighted by Gasteiger charge is 2.55. The van der Waals surface area contributed by atoms with Gasteiger partial charge in [-0.25, -0.2) is 0 Å². The van der Waals surface area contributed by atoms with Crippen molar-refractivity contribution in [3.63, 3.8) is 0 Å². The number of rotatable bonds is 4. The molecule has 0 saturated carbocycles. The highest BCUT2D eigenvalue weighted by atomic mass is 28.4. The van der Waals surface area contributed by atoms with E-state index in [0.29, 0.717) is 11.3 Å². The maximum atomic E-state index is 11.7. The second-order valence-electron chi connectivity index (χ2n) is 7.75. The Morgan fingerprint density at radius 3 is 1.93 bits per heavy atom. The van der Waals surface area contributed by atoms with Gasteiger partial charge in [0.2, 0.25) is 5.79 Å². The lowest BCUT2D eigenvalue weighted by molar-refractivity contribution is -0.249. The highest BCUT2D eigenvalue weighted by molar-refractivity contribution is 6.79. The molecule has 1 heterocycles. The lowest BCUT2D eigenvalue weighted by Gasteiger charge is -2.44. The van der Waals surface area contributed by atoms with Gasteiger partial charge in [0.15, 0.2) is 0 Å². The number of ether oxygens (including phenoxy) is 2. The molecule has 0 aromatic heterocycles. The van der Waals surface area contributed by atoms with Crippen molar-refractivity contribution < 1.29 is 37.1 Å². The molecule has 0 aliphatic carbocycles. The van der Waals surface area contributed by atoms with Gasteiger partial charge >= 0.3 is 8.80 Å². The molecular formula is C19H26O8Si. The first-order chi connectivity index (χ1) is 12.8. The molecule has 9 heteroatoms. The summed E-state index contributed by atoms with van der Waals surface area (Å²) in [5.74, 6) is -2.46. The van der Waals surface area contributed by atoms with E-state index in [0.717, 1.165) is 20.8 Å². The van der Waals surface area contributed by atoms with Crippen molar-refractivity contribution in [2.45, 2.75) is 60.9 Å². The minimum atomic E-state index is -4.15. The van der Waals surface area contributed by atoms with E-state index in [1.807, 2.05) is 27.7 Å². The number of carbonyl (C=O) groups is 3. The van der Waals surface area contributed by atoms with Gasteiger partial charge in [-0.3, -0.25) is 14.4 Å². The highest BCUT2D eigenvalue weighted by Crippen LogP contribution is 2.41. The number of hydrogen-bond acceptors (Lipinski definition) is 8. The topological polar surface area (TPSA) is 97.4 Å². The molecule has 1 aliphatic rings. The second kappa shape index (κ2) is 7.55. The number of carbonyl (C=O) groups excluding carboxylic acids is 3. The number of benzene rings is 1. The quantitative estimate of drug-likeness (QED) is 0.697. The summed E-state index contributed by atoms with van der Waals surface area (Å²) >= 11 is 0. The van der Waals surface area contributed by atoms with Crippen molar-refractivity contribution in [3.05, 3.63) is 23.8 Å². The molecule has 1 aromatic carbocycles. The third kappa shape index (κ3) is 4.53. The van der Waals surface area contributed by atoms with Crippen molar-refractivity contribution in [3.8, 4) is 5.75 Å². The monoisotopic (exact) mass is 410 g/mol. The second-order valence-corrected chi connectivity index (χ2v) is 10.0. The summed E-state index contributed by atoms with van der Waals surface area (Å²) < 4.78 is 27.8. The Kier molecular flexibility index (Phi) is 5.91. The van der Waals surface area contributed by atoms with Gasteiger partial charge in [0, 0.05) is 38.7 Å². The molecule has 0 fully saturated rings. The lowest BCUT2D eigenvalue weighted by atomic mass is 9.86. The van der Waals surface area contributed by atoms with E-state index in [1.165, 1.54) is 0 Å². The van der Waals surface area contributed by atoms with E-state index in [4.69, 9.17) is 22.8 Å². The van der Waals surface area contributed by atoms with Gasteiger partial charge in [-0.05, 0) is 18.2 Å². The van der Waals surface area contributed by atoms with Crippen LogP contribution >= 0.6 is 0 Å². The fraction of sp³-hybridized carbons (Fsp3) is 0.526. The Labute approximate surface area is 165 Å². The molecule has 0 amide bonds. The van der Waals surface area contributed by atoms with Crippen LogP contribution in [0.4, 0.5) is 0 Å². The molecule has 0 bridgehead atoms. The van der Waals surface area contributed by atoms with Crippen LogP contribution in [0.3, 0.4) is 0 Å². The molecule has 1 unspecified atom stereocenters. The van der Waals surface area contributed by atoms with E-state index in [-0.39, 0.29) is 17.2 Å². The van der Waals surface area contributed by atoms with Gasteiger partial charge in [-0.15, -0.1) is 0 Å². The molecule has 154 valence electrons. The van der Waals surface area contributed by atoms with Crippen molar-refractivity contribution in [2.24, 2.45) is 5.41 Å². The van der Waals surface area contributed by atoms with Gasteiger partial charge in [-0.2, -0.15) is 0 Å². The Hall–Kier alpha value is -2.39. The maximum absolute atomic E-state index is 11.7. The molecule has 0 radical (unpaired) electrons. The first kappa shape index (κ1) is 21.9. The first-order valence-electron chi connectivity index (χ1n) is 8.83. The largest absolute Gasteiger partial charge is 0.742 e. The third-order valence-corrected chi connectivity index (χ3v) is 7.11. The molecule has 1 aliphatic heterocycles. The van der Waals surface area contributed by atoms with Crippen LogP contribution in [0, 0.1) is 5.41 Å². The molecule has 2 rings (SSSR count). The summed E-state index contributed by atoms with van der Waals surface area (Å²) in [5, 5.41) is 0.276. The van der Waals surface area contributed by atoms with Crippen molar-refractivity contribution in [1.82, 2.24) is 0 Å². The standard InChI is InChI=1S/C19H26O8Si/c1-12(20)25-28(26-13(2)21,27-14(3)22)16-8-9-17-15(10-16)11-23-19(7,24-17)18(4,5)6/h8-10H,11H2,1-7H3. The molecule has 0 saturated heterocycles. The van der Waals surface area contributed by atoms with E-state index in [1.54, 1.807) is 18.2 Å². The maximum Gasteiger partial charge on any atom is 0.742 e. The lowest BCUT2D eigenvalue weighted by Crippen LogP contribution is -2.59. The van der Waals surface area contributed by atoms with Crippen LogP contribution in [0.15, 0.2) is 18.2 Å². The summed E-state index contributed by atoms with van der Waals surface area (Å²) in [6, 6.07) is 4.84. The van der Waals surface area contributed by atoms with Crippen LogP contribution < -0.4 is 9.92 Å². The third-order valence-electron chi connectivity index (χ3n) is 4.42. The average Bonchev–Trinajstić information content (AvgIpc) is 2.51. The molecule has 1 aromatic rings. The Morgan fingerprint density at radius 2 is 1.50 bits per heavy atom. The van der Waals surface area contributed by atoms with Crippen LogP contribution in [0.1, 0.15) is 54.0 Å². The van der Waals surface area contributed by atoms with Crippen LogP contribution in [0.5, 0.6) is 5.75 Å². The zero-order valence-corrected chi connectivity index (χ0v) is 18.2. The average molecular weight is 410 g/mol. The zero-order chi connectivity index (χ0) is 21.3. The van der Waals surface area contributed by atoms with E-state index < -0.39 is 32.5 Å². The fourth-order valence-corrected chi connectivity index (χ4v) is 4.87. The molecular weight excluding hydrogens is 384 g/mol. The predicted octanol–water partition coefficient (Wildman–Crippen LogP) is 2.19. The van der Waals surface area contributed by atoms with Crippen LogP contribution in [0.2, 0.25) is 0 Å². The Balaban J connectivity index is 2.50. The van der Waals surface area contributed by atoms with Gasteiger partial charge in [0.1, 0.15) is 5.75 Å². The minimum absolute atomic E-state index is 0.224. The van der Waals surface area contributed by atoms with Crippen molar-refractivity contribution >= 4 is 31.9 Å². The Bertz CT molecular complexity index is 757. The molecule has 28 heavy (non-hydrogen) atoms. The smallest absolute Gasteiger partial charge is 0.462 e. The van der Waals surface area contributed by atoms with Gasteiger partial charge < -0.3 is 22.8 Å². The van der Waals surface area contributed by atoms with Crippen molar-refractivity contribution in [2.75, 3.05) is 0 Å². The SMILES string of the molecule is CC(=O)O[Si](OC(C)=O)(OC(C)=O)c1ccc2c(c1)COC(C)(C(C)(C)C)O2. The summed E-state index contributed by atoms with van der Waals surface area (Å²) in [4.78, 5) is 35.0. The van der Waals surface area contributed by atoms with Crippen molar-refractivity contribution in [1.29, 1.82) is 0 Å². The minimum Gasteiger partial charge on any atom is -0.462 e. The van der Waals surface area contributed by atoms with Gasteiger partial charge in [0.05, 0.1) is 11.8 Å². The van der Waals surface area contributed by atoms with Crippen LogP contribution in [-0.4, -0.2) is 32.5 Å². The molecule has 8 nitrogen and oxygen atoms in total. The molecule has 0 spiro atoms. The van der Waals surface area contributed by atoms with Gasteiger partial charge in [0.25, 0.3) is 17.9 Å². The normalized spacial score (nSPS) is 19.1. The van der Waals surface area contributed by atoms with E-state index in [2.05, 4.69) is 0 Å².